The second kappa shape index (κ2) is 3.25. The van der Waals surface area contributed by atoms with Crippen molar-refractivity contribution in [3.05, 3.63) is 0 Å². The summed E-state index contributed by atoms with van der Waals surface area (Å²) in [6.45, 7) is 11.9. The van der Waals surface area contributed by atoms with Gasteiger partial charge in [-0.3, -0.25) is 0 Å². The minimum atomic E-state index is -0.137. The molecule has 1 spiro atoms. The van der Waals surface area contributed by atoms with Gasteiger partial charge in [-0.1, -0.05) is 47.5 Å². The lowest BCUT2D eigenvalue weighted by molar-refractivity contribution is 0.145. The summed E-state index contributed by atoms with van der Waals surface area (Å²) in [7, 11) is 0. The van der Waals surface area contributed by atoms with E-state index in [1.54, 1.807) is 0 Å². The van der Waals surface area contributed by atoms with E-state index in [4.69, 9.17) is 1.37 Å². The minimum Gasteiger partial charge on any atom is -0.0625 e. The van der Waals surface area contributed by atoms with E-state index in [9.17, 15) is 0 Å². The van der Waals surface area contributed by atoms with E-state index in [0.29, 0.717) is 16.2 Å². The summed E-state index contributed by atoms with van der Waals surface area (Å²) in [5.74, 6) is -0.137. The third-order valence-corrected chi connectivity index (χ3v) is 5.63. The summed E-state index contributed by atoms with van der Waals surface area (Å²) in [5.41, 5.74) is 1.53. The van der Waals surface area contributed by atoms with E-state index in [0.717, 1.165) is 12.8 Å². The Labute approximate surface area is 97.2 Å². The first-order valence-corrected chi connectivity index (χ1v) is 6.58. The molecule has 0 aromatic rings. The molecule has 0 aromatic carbocycles. The van der Waals surface area contributed by atoms with E-state index >= 15 is 0 Å². The third-order valence-electron chi connectivity index (χ3n) is 5.63. The first kappa shape index (κ1) is 10.2. The van der Waals surface area contributed by atoms with Gasteiger partial charge in [-0.15, -0.1) is 0 Å². The molecule has 0 aliphatic heterocycles. The van der Waals surface area contributed by atoms with Crippen LogP contribution < -0.4 is 0 Å². The Morgan fingerprint density at radius 2 is 1.33 bits per heavy atom. The molecule has 2 aliphatic rings. The number of rotatable bonds is 0. The largest absolute Gasteiger partial charge is 0.0625 e. The predicted octanol–water partition coefficient (Wildman–Crippen LogP) is 5.03. The van der Waals surface area contributed by atoms with Crippen LogP contribution in [0.15, 0.2) is 0 Å². The Kier molecular flexibility index (Phi) is 2.20. The molecule has 2 fully saturated rings. The van der Waals surface area contributed by atoms with Crippen molar-refractivity contribution in [3.63, 3.8) is 0 Å². The van der Waals surface area contributed by atoms with Crippen LogP contribution in [-0.2, 0) is 0 Å². The lowest BCUT2D eigenvalue weighted by atomic mass is 9.68. The Morgan fingerprint density at radius 1 is 0.933 bits per heavy atom. The van der Waals surface area contributed by atoms with Gasteiger partial charge in [0.15, 0.2) is 0 Å². The molecule has 2 aliphatic carbocycles. The van der Waals surface area contributed by atoms with Gasteiger partial charge in [0.05, 0.1) is 0 Å². The van der Waals surface area contributed by atoms with Gasteiger partial charge in [0.25, 0.3) is 0 Å². The SMILES string of the molecule is [2H]C1(C)CCC2(CC1)CC(C)(C)C(C)(C)C2. The summed E-state index contributed by atoms with van der Waals surface area (Å²) in [4.78, 5) is 0. The Balaban J connectivity index is 2.14. The van der Waals surface area contributed by atoms with Crippen molar-refractivity contribution >= 4 is 0 Å². The van der Waals surface area contributed by atoms with Gasteiger partial charge in [0, 0.05) is 1.37 Å². The quantitative estimate of drug-likeness (QED) is 0.525. The first-order chi connectivity index (χ1) is 7.08. The molecule has 0 aromatic heterocycles. The van der Waals surface area contributed by atoms with Crippen LogP contribution in [0.5, 0.6) is 0 Å². The molecule has 0 atom stereocenters. The Morgan fingerprint density at radius 3 is 1.73 bits per heavy atom. The van der Waals surface area contributed by atoms with Gasteiger partial charge in [-0.05, 0) is 47.8 Å². The summed E-state index contributed by atoms with van der Waals surface area (Å²) in [6.07, 6.45) is 7.56. The fourth-order valence-electron chi connectivity index (χ4n) is 3.98. The normalized spacial score (nSPS) is 36.5. The molecular formula is C15H28. The summed E-state index contributed by atoms with van der Waals surface area (Å²) >= 11 is 0. The molecule has 0 amide bonds. The van der Waals surface area contributed by atoms with Crippen molar-refractivity contribution in [3.8, 4) is 0 Å². The van der Waals surface area contributed by atoms with Crippen LogP contribution in [0.4, 0.5) is 0 Å². The zero-order valence-corrected chi connectivity index (χ0v) is 11.2. The van der Waals surface area contributed by atoms with E-state index in [1.165, 1.54) is 25.7 Å². The van der Waals surface area contributed by atoms with E-state index in [2.05, 4.69) is 34.6 Å². The van der Waals surface area contributed by atoms with E-state index < -0.39 is 0 Å². The van der Waals surface area contributed by atoms with Crippen molar-refractivity contribution in [2.45, 2.75) is 73.1 Å². The van der Waals surface area contributed by atoms with Crippen LogP contribution in [0.1, 0.15) is 74.5 Å². The highest BCUT2D eigenvalue weighted by Gasteiger charge is 2.54. The fourth-order valence-corrected chi connectivity index (χ4v) is 3.98. The Bertz CT molecular complexity index is 258. The maximum Gasteiger partial charge on any atom is 0.0300 e. The van der Waals surface area contributed by atoms with Crippen LogP contribution >= 0.6 is 0 Å². The highest BCUT2D eigenvalue weighted by Crippen LogP contribution is 2.64. The summed E-state index contributed by atoms with van der Waals surface area (Å²) in [6, 6.07) is 0. The lowest BCUT2D eigenvalue weighted by Crippen LogP contribution is -2.25. The van der Waals surface area contributed by atoms with Gasteiger partial charge < -0.3 is 0 Å². The maximum atomic E-state index is 8.17. The highest BCUT2D eigenvalue weighted by atomic mass is 14.6. The van der Waals surface area contributed by atoms with Crippen molar-refractivity contribution in [1.82, 2.24) is 0 Å². The van der Waals surface area contributed by atoms with Gasteiger partial charge in [-0.2, -0.15) is 0 Å². The topological polar surface area (TPSA) is 0 Å². The molecule has 0 N–H and O–H groups in total. The van der Waals surface area contributed by atoms with Crippen molar-refractivity contribution in [2.75, 3.05) is 0 Å². The molecule has 2 saturated carbocycles. The monoisotopic (exact) mass is 209 g/mol. The van der Waals surface area contributed by atoms with Crippen LogP contribution in [0, 0.1) is 22.1 Å². The minimum absolute atomic E-state index is 0.137. The molecule has 0 heteroatoms. The zero-order valence-electron chi connectivity index (χ0n) is 12.2. The van der Waals surface area contributed by atoms with Gasteiger partial charge in [0.1, 0.15) is 0 Å². The summed E-state index contributed by atoms with van der Waals surface area (Å²) in [5, 5.41) is 0. The highest BCUT2D eigenvalue weighted by molar-refractivity contribution is 5.04. The standard InChI is InChI=1S/C15H28/c1-12-6-8-15(9-7-12)10-13(2,3)14(4,5)11-15/h12H,6-11H2,1-5H3/i12D. The van der Waals surface area contributed by atoms with Gasteiger partial charge in [0.2, 0.25) is 0 Å². The molecule has 0 saturated heterocycles. The number of hydrogen-bond donors (Lipinski definition) is 0. The van der Waals surface area contributed by atoms with Crippen LogP contribution in [0.25, 0.3) is 0 Å². The van der Waals surface area contributed by atoms with Gasteiger partial charge in [-0.25, -0.2) is 0 Å². The lowest BCUT2D eigenvalue weighted by Gasteiger charge is -2.37. The maximum absolute atomic E-state index is 8.17. The van der Waals surface area contributed by atoms with Crippen molar-refractivity contribution in [2.24, 2.45) is 22.1 Å². The van der Waals surface area contributed by atoms with E-state index in [-0.39, 0.29) is 5.89 Å². The molecule has 0 nitrogen and oxygen atoms in total. The molecule has 0 unspecified atom stereocenters. The average molecular weight is 209 g/mol. The second-order valence-corrected chi connectivity index (χ2v) is 7.58. The fraction of sp³-hybridized carbons (Fsp3) is 1.00. The molecule has 2 rings (SSSR count). The molecule has 15 heavy (non-hydrogen) atoms. The Hall–Kier alpha value is 0. The van der Waals surface area contributed by atoms with Crippen molar-refractivity contribution < 1.29 is 1.37 Å². The molecule has 0 radical (unpaired) electrons. The predicted molar refractivity (Wildman–Crippen MR) is 66.9 cm³/mol. The van der Waals surface area contributed by atoms with Gasteiger partial charge >= 0.3 is 0 Å². The summed E-state index contributed by atoms with van der Waals surface area (Å²) < 4.78 is 8.17. The zero-order chi connectivity index (χ0) is 12.2. The van der Waals surface area contributed by atoms with Crippen molar-refractivity contribution in [1.29, 1.82) is 0 Å². The third kappa shape index (κ3) is 1.85. The first-order valence-electron chi connectivity index (χ1n) is 7.08. The van der Waals surface area contributed by atoms with Crippen LogP contribution in [0.2, 0.25) is 0 Å². The molecular weight excluding hydrogens is 180 g/mol. The van der Waals surface area contributed by atoms with Crippen LogP contribution in [-0.4, -0.2) is 0 Å². The second-order valence-electron chi connectivity index (χ2n) is 7.58. The van der Waals surface area contributed by atoms with E-state index in [1.807, 2.05) is 0 Å². The molecule has 0 bridgehead atoms. The molecule has 0 heterocycles. The van der Waals surface area contributed by atoms with Crippen LogP contribution in [0.3, 0.4) is 0 Å². The molecule has 88 valence electrons. The average Bonchev–Trinajstić information content (AvgIpc) is 2.26. The number of hydrogen-bond acceptors (Lipinski definition) is 0. The smallest absolute Gasteiger partial charge is 0.0300 e.